The number of carbonyl (C=O) groups is 1. The van der Waals surface area contributed by atoms with E-state index in [1.165, 1.54) is 6.20 Å². The number of rotatable bonds is 3. The molecule has 0 bridgehead atoms. The maximum atomic E-state index is 12.0. The first-order valence-corrected chi connectivity index (χ1v) is 6.39. The standard InChI is InChI=1S/C13H13BrN4O/c1-8-2-4-11(10(14)6-8)17-13(19)12-5-3-9(18-15)7-16-12/h2-7,18H,15H2,1H3,(H,17,19). The van der Waals surface area contributed by atoms with Crippen LogP contribution < -0.4 is 16.6 Å². The number of nitrogens with two attached hydrogens (primary N) is 1. The molecule has 0 saturated heterocycles. The van der Waals surface area contributed by atoms with Crippen molar-refractivity contribution in [2.75, 3.05) is 10.7 Å². The second kappa shape index (κ2) is 5.81. The van der Waals surface area contributed by atoms with Gasteiger partial charge in [0.15, 0.2) is 0 Å². The van der Waals surface area contributed by atoms with Gasteiger partial charge in [-0.2, -0.15) is 0 Å². The van der Waals surface area contributed by atoms with Crippen molar-refractivity contribution in [2.45, 2.75) is 6.92 Å². The van der Waals surface area contributed by atoms with E-state index in [1.807, 2.05) is 25.1 Å². The molecule has 5 nitrogen and oxygen atoms in total. The van der Waals surface area contributed by atoms with Crippen molar-refractivity contribution in [1.82, 2.24) is 4.98 Å². The largest absolute Gasteiger partial charge is 0.323 e. The highest BCUT2D eigenvalue weighted by molar-refractivity contribution is 9.10. The Morgan fingerprint density at radius 2 is 2.11 bits per heavy atom. The number of benzene rings is 1. The van der Waals surface area contributed by atoms with Gasteiger partial charge in [0.1, 0.15) is 5.69 Å². The minimum Gasteiger partial charge on any atom is -0.323 e. The summed E-state index contributed by atoms with van der Waals surface area (Å²) in [6.07, 6.45) is 1.50. The Kier molecular flexibility index (Phi) is 4.13. The first-order valence-electron chi connectivity index (χ1n) is 5.60. The second-order valence-corrected chi connectivity index (χ2v) is 4.87. The number of nitrogens with one attached hydrogen (secondary N) is 2. The first-order chi connectivity index (χ1) is 9.10. The Labute approximate surface area is 119 Å². The molecule has 1 aromatic heterocycles. The van der Waals surface area contributed by atoms with Crippen LogP contribution in [0.1, 0.15) is 16.1 Å². The lowest BCUT2D eigenvalue weighted by atomic mass is 10.2. The number of halogens is 1. The van der Waals surface area contributed by atoms with Gasteiger partial charge < -0.3 is 10.7 Å². The van der Waals surface area contributed by atoms with E-state index in [0.29, 0.717) is 17.1 Å². The molecule has 1 aromatic carbocycles. The summed E-state index contributed by atoms with van der Waals surface area (Å²) in [5, 5.41) is 2.79. The lowest BCUT2D eigenvalue weighted by Crippen LogP contribution is -2.14. The Morgan fingerprint density at radius 3 is 2.68 bits per heavy atom. The average molecular weight is 321 g/mol. The van der Waals surface area contributed by atoms with Crippen LogP contribution >= 0.6 is 15.9 Å². The monoisotopic (exact) mass is 320 g/mol. The summed E-state index contributed by atoms with van der Waals surface area (Å²) < 4.78 is 0.834. The van der Waals surface area contributed by atoms with Crippen LogP contribution in [0.15, 0.2) is 41.0 Å². The van der Waals surface area contributed by atoms with E-state index in [-0.39, 0.29) is 5.91 Å². The number of anilines is 2. The molecule has 0 unspecified atom stereocenters. The molecule has 98 valence electrons. The van der Waals surface area contributed by atoms with Crippen LogP contribution in [0.2, 0.25) is 0 Å². The summed E-state index contributed by atoms with van der Waals surface area (Å²) >= 11 is 3.41. The van der Waals surface area contributed by atoms with E-state index >= 15 is 0 Å². The van der Waals surface area contributed by atoms with Gasteiger partial charge in [-0.1, -0.05) is 6.07 Å². The highest BCUT2D eigenvalue weighted by Gasteiger charge is 2.09. The summed E-state index contributed by atoms with van der Waals surface area (Å²) in [6, 6.07) is 8.99. The third-order valence-corrected chi connectivity index (χ3v) is 3.19. The van der Waals surface area contributed by atoms with Crippen LogP contribution in [0.25, 0.3) is 0 Å². The Hall–Kier alpha value is -1.92. The van der Waals surface area contributed by atoms with Gasteiger partial charge in [-0.15, -0.1) is 0 Å². The van der Waals surface area contributed by atoms with Crippen LogP contribution in [0.4, 0.5) is 11.4 Å². The van der Waals surface area contributed by atoms with Gasteiger partial charge in [0.25, 0.3) is 5.91 Å². The molecule has 19 heavy (non-hydrogen) atoms. The molecule has 1 heterocycles. The number of carbonyl (C=O) groups excluding carboxylic acids is 1. The van der Waals surface area contributed by atoms with Crippen molar-refractivity contribution in [3.05, 3.63) is 52.3 Å². The van der Waals surface area contributed by atoms with Gasteiger partial charge in [0.05, 0.1) is 17.6 Å². The number of aryl methyl sites for hydroxylation is 1. The summed E-state index contributed by atoms with van der Waals surface area (Å²) in [5.41, 5.74) is 5.25. The van der Waals surface area contributed by atoms with Crippen LogP contribution in [0.3, 0.4) is 0 Å². The molecule has 0 aliphatic heterocycles. The van der Waals surface area contributed by atoms with E-state index < -0.39 is 0 Å². The number of amides is 1. The van der Waals surface area contributed by atoms with E-state index in [9.17, 15) is 4.79 Å². The summed E-state index contributed by atoms with van der Waals surface area (Å²) in [6.45, 7) is 1.98. The van der Waals surface area contributed by atoms with Gasteiger partial charge in [0, 0.05) is 4.47 Å². The Morgan fingerprint density at radius 1 is 1.32 bits per heavy atom. The molecule has 6 heteroatoms. The van der Waals surface area contributed by atoms with E-state index in [1.54, 1.807) is 12.1 Å². The number of hydrogen-bond acceptors (Lipinski definition) is 4. The predicted molar refractivity (Wildman–Crippen MR) is 78.9 cm³/mol. The molecule has 0 aliphatic carbocycles. The molecular weight excluding hydrogens is 308 g/mol. The van der Waals surface area contributed by atoms with Crippen LogP contribution in [0, 0.1) is 6.92 Å². The summed E-state index contributed by atoms with van der Waals surface area (Å²) in [4.78, 5) is 16.0. The number of nitrogens with zero attached hydrogens (tertiary/aromatic N) is 1. The lowest BCUT2D eigenvalue weighted by molar-refractivity contribution is 0.102. The van der Waals surface area contributed by atoms with E-state index in [0.717, 1.165) is 10.0 Å². The third kappa shape index (κ3) is 3.30. The fourth-order valence-corrected chi connectivity index (χ4v) is 2.11. The van der Waals surface area contributed by atoms with Crippen LogP contribution in [-0.4, -0.2) is 10.9 Å². The summed E-state index contributed by atoms with van der Waals surface area (Å²) in [5.74, 6) is 4.97. The first kappa shape index (κ1) is 13.5. The fraction of sp³-hybridized carbons (Fsp3) is 0.0769. The molecule has 0 radical (unpaired) electrons. The molecule has 0 aliphatic rings. The highest BCUT2D eigenvalue weighted by Crippen LogP contribution is 2.23. The third-order valence-electron chi connectivity index (χ3n) is 2.54. The van der Waals surface area contributed by atoms with Gasteiger partial charge in [0.2, 0.25) is 0 Å². The molecule has 0 spiro atoms. The molecule has 2 aromatic rings. The van der Waals surface area contributed by atoms with Crippen molar-refractivity contribution in [1.29, 1.82) is 0 Å². The lowest BCUT2D eigenvalue weighted by Gasteiger charge is -2.08. The smallest absolute Gasteiger partial charge is 0.274 e. The topological polar surface area (TPSA) is 80.0 Å². The van der Waals surface area contributed by atoms with Gasteiger partial charge >= 0.3 is 0 Å². The van der Waals surface area contributed by atoms with Gasteiger partial charge in [-0.05, 0) is 52.7 Å². The minimum atomic E-state index is -0.270. The number of pyridine rings is 1. The highest BCUT2D eigenvalue weighted by atomic mass is 79.9. The zero-order valence-electron chi connectivity index (χ0n) is 10.3. The Balaban J connectivity index is 2.15. The van der Waals surface area contributed by atoms with Crippen LogP contribution in [-0.2, 0) is 0 Å². The van der Waals surface area contributed by atoms with E-state index in [4.69, 9.17) is 5.84 Å². The van der Waals surface area contributed by atoms with E-state index in [2.05, 4.69) is 31.7 Å². The maximum Gasteiger partial charge on any atom is 0.274 e. The van der Waals surface area contributed by atoms with Crippen molar-refractivity contribution in [3.63, 3.8) is 0 Å². The molecular formula is C13H13BrN4O. The number of aromatic nitrogens is 1. The number of nitrogen functional groups attached to an aromatic ring is 1. The van der Waals surface area contributed by atoms with Crippen LogP contribution in [0.5, 0.6) is 0 Å². The predicted octanol–water partition coefficient (Wildman–Crippen LogP) is 2.69. The Bertz CT molecular complexity index is 598. The van der Waals surface area contributed by atoms with Crippen molar-refractivity contribution >= 4 is 33.2 Å². The molecule has 0 fully saturated rings. The summed E-state index contributed by atoms with van der Waals surface area (Å²) in [7, 11) is 0. The van der Waals surface area contributed by atoms with Crippen molar-refractivity contribution in [2.24, 2.45) is 5.84 Å². The maximum absolute atomic E-state index is 12.0. The van der Waals surface area contributed by atoms with Crippen molar-refractivity contribution < 1.29 is 4.79 Å². The molecule has 4 N–H and O–H groups in total. The molecule has 0 atom stereocenters. The second-order valence-electron chi connectivity index (χ2n) is 4.01. The molecule has 0 saturated carbocycles. The molecule has 1 amide bonds. The fourth-order valence-electron chi connectivity index (χ4n) is 1.52. The quantitative estimate of drug-likeness (QED) is 0.600. The zero-order valence-corrected chi connectivity index (χ0v) is 11.9. The van der Waals surface area contributed by atoms with Crippen molar-refractivity contribution in [3.8, 4) is 0 Å². The van der Waals surface area contributed by atoms with Gasteiger partial charge in [-0.25, -0.2) is 4.98 Å². The number of hydrazine groups is 1. The normalized spacial score (nSPS) is 10.1. The number of hydrogen-bond donors (Lipinski definition) is 3. The average Bonchev–Trinajstić information content (AvgIpc) is 2.42. The zero-order chi connectivity index (χ0) is 13.8. The van der Waals surface area contributed by atoms with Gasteiger partial charge in [-0.3, -0.25) is 10.6 Å². The minimum absolute atomic E-state index is 0.270. The molecule has 2 rings (SSSR count). The SMILES string of the molecule is Cc1ccc(NC(=O)c2ccc(NN)cn2)c(Br)c1.